The van der Waals surface area contributed by atoms with Crippen LogP contribution in [0.2, 0.25) is 0 Å². The van der Waals surface area contributed by atoms with Crippen molar-refractivity contribution in [2.45, 2.75) is 19.3 Å². The molecule has 0 unspecified atom stereocenters. The topological polar surface area (TPSA) is 81.8 Å². The molecular formula is C16H20N4O3. The Balaban J connectivity index is 1.56. The van der Waals surface area contributed by atoms with Crippen LogP contribution in [0.1, 0.15) is 19.3 Å². The van der Waals surface area contributed by atoms with Crippen LogP contribution in [-0.4, -0.2) is 48.9 Å². The average Bonchev–Trinajstić information content (AvgIpc) is 2.88. The quantitative estimate of drug-likeness (QED) is 0.817. The van der Waals surface area contributed by atoms with Gasteiger partial charge in [0.05, 0.1) is 6.54 Å². The third-order valence-corrected chi connectivity index (χ3v) is 4.11. The zero-order chi connectivity index (χ0) is 16.2. The molecule has 7 nitrogen and oxygen atoms in total. The first-order valence-corrected chi connectivity index (χ1v) is 7.86. The summed E-state index contributed by atoms with van der Waals surface area (Å²) in [6.07, 6.45) is 3.71. The number of hydrogen-bond donors (Lipinski definition) is 2. The van der Waals surface area contributed by atoms with Gasteiger partial charge in [-0.3, -0.25) is 14.5 Å². The van der Waals surface area contributed by atoms with Gasteiger partial charge in [0.2, 0.25) is 5.91 Å². The zero-order valence-electron chi connectivity index (χ0n) is 12.9. The molecule has 7 heteroatoms. The number of nitrogens with zero attached hydrogens (tertiary/aromatic N) is 2. The van der Waals surface area contributed by atoms with Gasteiger partial charge in [0, 0.05) is 24.5 Å². The van der Waals surface area contributed by atoms with Crippen molar-refractivity contribution in [2.75, 3.05) is 36.4 Å². The van der Waals surface area contributed by atoms with Crippen LogP contribution in [0, 0.1) is 0 Å². The molecule has 122 valence electrons. The van der Waals surface area contributed by atoms with Crippen LogP contribution < -0.4 is 15.5 Å². The second kappa shape index (κ2) is 6.68. The van der Waals surface area contributed by atoms with Gasteiger partial charge in [-0.2, -0.15) is 0 Å². The van der Waals surface area contributed by atoms with Crippen LogP contribution in [0.3, 0.4) is 0 Å². The predicted octanol–water partition coefficient (Wildman–Crippen LogP) is 1.17. The molecule has 0 aromatic heterocycles. The highest BCUT2D eigenvalue weighted by atomic mass is 16.2. The van der Waals surface area contributed by atoms with E-state index >= 15 is 0 Å². The molecule has 2 fully saturated rings. The van der Waals surface area contributed by atoms with Gasteiger partial charge in [-0.25, -0.2) is 4.79 Å². The summed E-state index contributed by atoms with van der Waals surface area (Å²) in [5.41, 5.74) is 1.81. The van der Waals surface area contributed by atoms with Crippen LogP contribution in [0.25, 0.3) is 0 Å². The number of urea groups is 1. The highest BCUT2D eigenvalue weighted by Crippen LogP contribution is 2.21. The molecule has 1 aromatic rings. The summed E-state index contributed by atoms with van der Waals surface area (Å²) in [5, 5.41) is 5.09. The molecule has 2 aliphatic rings. The minimum atomic E-state index is -0.523. The van der Waals surface area contributed by atoms with Crippen LogP contribution in [-0.2, 0) is 9.59 Å². The number of nitrogens with one attached hydrogen (secondary N) is 2. The predicted molar refractivity (Wildman–Crippen MR) is 86.2 cm³/mol. The molecule has 3 rings (SSSR count). The summed E-state index contributed by atoms with van der Waals surface area (Å²) in [6, 6.07) is 7.12. The summed E-state index contributed by atoms with van der Waals surface area (Å²) in [7, 11) is 0. The Morgan fingerprint density at radius 3 is 2.39 bits per heavy atom. The van der Waals surface area contributed by atoms with E-state index in [1.165, 1.54) is 19.3 Å². The van der Waals surface area contributed by atoms with E-state index in [0.29, 0.717) is 5.69 Å². The molecule has 23 heavy (non-hydrogen) atoms. The van der Waals surface area contributed by atoms with Gasteiger partial charge in [-0.05, 0) is 43.5 Å². The standard InChI is InChI=1S/C16H20N4O3/c21-14(11-20-15(22)10-17-16(20)23)18-12-4-6-13(7-5-12)19-8-2-1-3-9-19/h4-7H,1-3,8-11H2,(H,17,23)(H,18,21). The van der Waals surface area contributed by atoms with Crippen LogP contribution in [0.15, 0.2) is 24.3 Å². The number of anilines is 2. The first-order chi connectivity index (χ1) is 11.1. The minimum Gasteiger partial charge on any atom is -0.372 e. The second-order valence-corrected chi connectivity index (χ2v) is 5.78. The fourth-order valence-corrected chi connectivity index (χ4v) is 2.87. The maximum absolute atomic E-state index is 12.0. The van der Waals surface area contributed by atoms with Crippen molar-refractivity contribution in [1.29, 1.82) is 0 Å². The Morgan fingerprint density at radius 2 is 1.78 bits per heavy atom. The van der Waals surface area contributed by atoms with Gasteiger partial charge < -0.3 is 15.5 Å². The molecule has 0 spiro atoms. The Morgan fingerprint density at radius 1 is 1.09 bits per heavy atom. The van der Waals surface area contributed by atoms with Gasteiger partial charge in [-0.1, -0.05) is 0 Å². The fourth-order valence-electron chi connectivity index (χ4n) is 2.87. The van der Waals surface area contributed by atoms with Crippen molar-refractivity contribution < 1.29 is 14.4 Å². The number of hydrogen-bond acceptors (Lipinski definition) is 4. The summed E-state index contributed by atoms with van der Waals surface area (Å²) in [5.74, 6) is -0.772. The number of imide groups is 1. The maximum Gasteiger partial charge on any atom is 0.325 e. The third kappa shape index (κ3) is 3.61. The summed E-state index contributed by atoms with van der Waals surface area (Å²) >= 11 is 0. The van der Waals surface area contributed by atoms with Crippen molar-refractivity contribution in [3.63, 3.8) is 0 Å². The van der Waals surface area contributed by atoms with E-state index in [0.717, 1.165) is 23.7 Å². The van der Waals surface area contributed by atoms with E-state index in [9.17, 15) is 14.4 Å². The summed E-state index contributed by atoms with van der Waals surface area (Å²) < 4.78 is 0. The number of carbonyl (C=O) groups is 3. The number of carbonyl (C=O) groups excluding carboxylic acids is 3. The molecule has 2 aliphatic heterocycles. The second-order valence-electron chi connectivity index (χ2n) is 5.78. The van der Waals surface area contributed by atoms with Crippen LogP contribution in [0.4, 0.5) is 16.2 Å². The molecular weight excluding hydrogens is 296 g/mol. The molecule has 0 atom stereocenters. The monoisotopic (exact) mass is 316 g/mol. The largest absolute Gasteiger partial charge is 0.372 e. The minimum absolute atomic E-state index is 0.0450. The number of amides is 4. The van der Waals surface area contributed by atoms with Gasteiger partial charge in [0.1, 0.15) is 6.54 Å². The van der Waals surface area contributed by atoms with Crippen LogP contribution >= 0.6 is 0 Å². The molecule has 0 bridgehead atoms. The van der Waals surface area contributed by atoms with Crippen molar-refractivity contribution in [3.8, 4) is 0 Å². The Kier molecular flexibility index (Phi) is 4.45. The van der Waals surface area contributed by atoms with Crippen LogP contribution in [0.5, 0.6) is 0 Å². The lowest BCUT2D eigenvalue weighted by molar-refractivity contribution is -0.128. The zero-order valence-corrected chi connectivity index (χ0v) is 12.9. The molecule has 0 aliphatic carbocycles. The molecule has 2 heterocycles. The highest BCUT2D eigenvalue weighted by Gasteiger charge is 2.30. The molecule has 0 saturated carbocycles. The van der Waals surface area contributed by atoms with Crippen molar-refractivity contribution in [1.82, 2.24) is 10.2 Å². The SMILES string of the molecule is O=C(CN1C(=O)CNC1=O)Nc1ccc(N2CCCCC2)cc1. The van der Waals surface area contributed by atoms with Gasteiger partial charge in [-0.15, -0.1) is 0 Å². The lowest BCUT2D eigenvalue weighted by atomic mass is 10.1. The Bertz CT molecular complexity index is 592. The highest BCUT2D eigenvalue weighted by molar-refractivity contribution is 6.06. The van der Waals surface area contributed by atoms with E-state index in [-0.39, 0.29) is 24.9 Å². The van der Waals surface area contributed by atoms with Crippen molar-refractivity contribution >= 4 is 29.2 Å². The normalized spacial score (nSPS) is 18.1. The van der Waals surface area contributed by atoms with E-state index in [1.807, 2.05) is 24.3 Å². The van der Waals surface area contributed by atoms with E-state index in [2.05, 4.69) is 15.5 Å². The lowest BCUT2D eigenvalue weighted by Crippen LogP contribution is -2.38. The van der Waals surface area contributed by atoms with Crippen molar-refractivity contribution in [2.24, 2.45) is 0 Å². The number of piperidine rings is 1. The lowest BCUT2D eigenvalue weighted by Gasteiger charge is -2.28. The summed E-state index contributed by atoms with van der Waals surface area (Å²) in [6.45, 7) is 1.82. The number of rotatable bonds is 4. The fraction of sp³-hybridized carbons (Fsp3) is 0.438. The molecule has 4 amide bonds. The van der Waals surface area contributed by atoms with Crippen molar-refractivity contribution in [3.05, 3.63) is 24.3 Å². The Hall–Kier alpha value is -2.57. The number of benzene rings is 1. The molecule has 0 radical (unpaired) electrons. The molecule has 1 aromatic carbocycles. The molecule has 2 N–H and O–H groups in total. The van der Waals surface area contributed by atoms with E-state index in [4.69, 9.17) is 0 Å². The third-order valence-electron chi connectivity index (χ3n) is 4.11. The average molecular weight is 316 g/mol. The Labute approximate surface area is 134 Å². The van der Waals surface area contributed by atoms with E-state index < -0.39 is 6.03 Å². The summed E-state index contributed by atoms with van der Waals surface area (Å²) in [4.78, 5) is 38.1. The maximum atomic E-state index is 12.0. The first kappa shape index (κ1) is 15.3. The van der Waals surface area contributed by atoms with Gasteiger partial charge in [0.15, 0.2) is 0 Å². The van der Waals surface area contributed by atoms with E-state index in [1.54, 1.807) is 0 Å². The van der Waals surface area contributed by atoms with Gasteiger partial charge >= 0.3 is 6.03 Å². The first-order valence-electron chi connectivity index (χ1n) is 7.86. The molecule has 2 saturated heterocycles. The smallest absolute Gasteiger partial charge is 0.325 e. The van der Waals surface area contributed by atoms with Gasteiger partial charge in [0.25, 0.3) is 5.91 Å².